The lowest BCUT2D eigenvalue weighted by Gasteiger charge is -2.29. The van der Waals surface area contributed by atoms with Gasteiger partial charge in [-0.2, -0.15) is 0 Å². The highest BCUT2D eigenvalue weighted by Gasteiger charge is 2.38. The van der Waals surface area contributed by atoms with Crippen LogP contribution in [0.1, 0.15) is 25.0 Å². The molecule has 0 atom stereocenters. The molecule has 106 valence electrons. The van der Waals surface area contributed by atoms with E-state index in [4.69, 9.17) is 9.47 Å². The Morgan fingerprint density at radius 1 is 1.25 bits per heavy atom. The smallest absolute Gasteiger partial charge is 0.348 e. The van der Waals surface area contributed by atoms with Gasteiger partial charge in [0.25, 0.3) is 5.79 Å². The van der Waals surface area contributed by atoms with E-state index < -0.39 is 23.5 Å². The summed E-state index contributed by atoms with van der Waals surface area (Å²) in [7, 11) is 0. The highest BCUT2D eigenvalue weighted by molar-refractivity contribution is 9.08. The Morgan fingerprint density at radius 2 is 1.85 bits per heavy atom. The average Bonchev–Trinajstić information content (AvgIpc) is 2.34. The number of rotatable bonds is 2. The molecule has 1 aromatic rings. The Kier molecular flexibility index (Phi) is 3.94. The molecular formula is C14H12BrFO4. The van der Waals surface area contributed by atoms with Gasteiger partial charge in [-0.05, 0) is 23.8 Å². The molecule has 1 fully saturated rings. The zero-order valence-electron chi connectivity index (χ0n) is 10.9. The Balaban J connectivity index is 2.40. The molecule has 0 aromatic heterocycles. The quantitative estimate of drug-likeness (QED) is 0.359. The first-order valence-corrected chi connectivity index (χ1v) is 6.97. The minimum atomic E-state index is -1.30. The lowest BCUT2D eigenvalue weighted by molar-refractivity contribution is -0.222. The summed E-state index contributed by atoms with van der Waals surface area (Å²) in [5.74, 6) is -3.49. The highest BCUT2D eigenvalue weighted by Crippen LogP contribution is 2.25. The molecule has 0 unspecified atom stereocenters. The summed E-state index contributed by atoms with van der Waals surface area (Å²) < 4.78 is 23.6. The third kappa shape index (κ3) is 3.07. The third-order valence-corrected chi connectivity index (χ3v) is 3.28. The summed E-state index contributed by atoms with van der Waals surface area (Å²) >= 11 is 3.25. The van der Waals surface area contributed by atoms with Gasteiger partial charge in [0.1, 0.15) is 11.4 Å². The van der Waals surface area contributed by atoms with E-state index >= 15 is 0 Å². The summed E-state index contributed by atoms with van der Waals surface area (Å²) in [4.78, 5) is 23.5. The van der Waals surface area contributed by atoms with Crippen molar-refractivity contribution in [2.24, 2.45) is 0 Å². The summed E-state index contributed by atoms with van der Waals surface area (Å²) in [6, 6.07) is 4.41. The predicted octanol–water partition coefficient (Wildman–Crippen LogP) is 2.94. The van der Waals surface area contributed by atoms with Gasteiger partial charge in [0.05, 0.1) is 0 Å². The SMILES string of the molecule is CC1(C)OC(=O)C(=Cc2cc(CBr)ccc2F)C(=O)O1. The van der Waals surface area contributed by atoms with Gasteiger partial charge in [-0.25, -0.2) is 14.0 Å². The molecule has 0 aliphatic carbocycles. The van der Waals surface area contributed by atoms with Crippen LogP contribution in [0.15, 0.2) is 23.8 Å². The van der Waals surface area contributed by atoms with Gasteiger partial charge in [-0.15, -0.1) is 0 Å². The number of cyclic esters (lactones) is 2. The first-order chi connectivity index (χ1) is 9.32. The zero-order valence-corrected chi connectivity index (χ0v) is 12.5. The van der Waals surface area contributed by atoms with Crippen molar-refractivity contribution in [3.8, 4) is 0 Å². The number of ether oxygens (including phenoxy) is 2. The topological polar surface area (TPSA) is 52.6 Å². The highest BCUT2D eigenvalue weighted by atomic mass is 79.9. The Hall–Kier alpha value is -1.69. The first-order valence-electron chi connectivity index (χ1n) is 5.85. The third-order valence-electron chi connectivity index (χ3n) is 2.63. The summed E-state index contributed by atoms with van der Waals surface area (Å²) in [6.45, 7) is 2.90. The van der Waals surface area contributed by atoms with Crippen molar-refractivity contribution >= 4 is 33.9 Å². The fourth-order valence-electron chi connectivity index (χ4n) is 1.72. The van der Waals surface area contributed by atoms with Crippen LogP contribution in [0.5, 0.6) is 0 Å². The van der Waals surface area contributed by atoms with Crippen molar-refractivity contribution < 1.29 is 23.5 Å². The molecule has 1 heterocycles. The number of carbonyl (C=O) groups excluding carboxylic acids is 2. The normalized spacial score (nSPS) is 17.5. The lowest BCUT2D eigenvalue weighted by Crippen LogP contribution is -2.41. The van der Waals surface area contributed by atoms with Crippen LogP contribution in [-0.2, 0) is 24.4 Å². The predicted molar refractivity (Wildman–Crippen MR) is 73.3 cm³/mol. The second kappa shape index (κ2) is 5.36. The molecule has 1 saturated heterocycles. The lowest BCUT2D eigenvalue weighted by atomic mass is 10.1. The van der Waals surface area contributed by atoms with E-state index in [9.17, 15) is 14.0 Å². The minimum Gasteiger partial charge on any atom is -0.419 e. The maximum atomic E-state index is 13.7. The molecule has 0 saturated carbocycles. The average molecular weight is 343 g/mol. The molecule has 20 heavy (non-hydrogen) atoms. The molecule has 2 rings (SSSR count). The summed E-state index contributed by atoms with van der Waals surface area (Å²) in [5, 5.41) is 0.533. The van der Waals surface area contributed by atoms with Crippen LogP contribution in [0.2, 0.25) is 0 Å². The van der Waals surface area contributed by atoms with Gasteiger partial charge in [-0.1, -0.05) is 22.0 Å². The van der Waals surface area contributed by atoms with E-state index in [-0.39, 0.29) is 11.1 Å². The van der Waals surface area contributed by atoms with Gasteiger partial charge >= 0.3 is 11.9 Å². The summed E-state index contributed by atoms with van der Waals surface area (Å²) in [6.07, 6.45) is 1.14. The van der Waals surface area contributed by atoms with Crippen molar-refractivity contribution in [3.05, 3.63) is 40.7 Å². The second-order valence-corrected chi connectivity index (χ2v) is 5.29. The van der Waals surface area contributed by atoms with Crippen LogP contribution in [0.3, 0.4) is 0 Å². The molecule has 1 aliphatic heterocycles. The molecular weight excluding hydrogens is 331 g/mol. The molecule has 4 nitrogen and oxygen atoms in total. The number of halogens is 2. The van der Waals surface area contributed by atoms with Crippen LogP contribution in [0.4, 0.5) is 4.39 Å². The number of benzene rings is 1. The standard InChI is InChI=1S/C14H12BrFO4/c1-14(2)19-12(17)10(13(18)20-14)6-9-5-8(7-15)3-4-11(9)16/h3-6H,7H2,1-2H3. The number of alkyl halides is 1. The van der Waals surface area contributed by atoms with E-state index in [0.29, 0.717) is 5.33 Å². The molecule has 1 aliphatic rings. The minimum absolute atomic E-state index is 0.130. The van der Waals surface area contributed by atoms with Crippen LogP contribution in [-0.4, -0.2) is 17.7 Å². The van der Waals surface area contributed by atoms with Gasteiger partial charge < -0.3 is 9.47 Å². The maximum absolute atomic E-state index is 13.7. The first kappa shape index (κ1) is 14.7. The van der Waals surface area contributed by atoms with Crippen molar-refractivity contribution in [3.63, 3.8) is 0 Å². The molecule has 0 radical (unpaired) electrons. The van der Waals surface area contributed by atoms with Gasteiger partial charge in [0.2, 0.25) is 0 Å². The van der Waals surface area contributed by atoms with Crippen molar-refractivity contribution in [2.75, 3.05) is 0 Å². The monoisotopic (exact) mass is 342 g/mol. The number of hydrogen-bond donors (Lipinski definition) is 0. The van der Waals surface area contributed by atoms with Crippen LogP contribution in [0.25, 0.3) is 6.08 Å². The molecule has 1 aromatic carbocycles. The molecule has 0 N–H and O–H groups in total. The molecule has 0 bridgehead atoms. The van der Waals surface area contributed by atoms with Gasteiger partial charge in [0.15, 0.2) is 0 Å². The van der Waals surface area contributed by atoms with E-state index in [0.717, 1.165) is 11.6 Å². The van der Waals surface area contributed by atoms with Crippen LogP contribution in [0, 0.1) is 5.82 Å². The van der Waals surface area contributed by atoms with Crippen molar-refractivity contribution in [1.29, 1.82) is 0 Å². The van der Waals surface area contributed by atoms with E-state index in [1.807, 2.05) is 0 Å². The fourth-order valence-corrected chi connectivity index (χ4v) is 2.07. The largest absolute Gasteiger partial charge is 0.419 e. The Bertz CT molecular complexity index is 585. The molecule has 6 heteroatoms. The van der Waals surface area contributed by atoms with Crippen molar-refractivity contribution in [2.45, 2.75) is 25.0 Å². The molecule has 0 amide bonds. The van der Waals surface area contributed by atoms with Gasteiger partial charge in [-0.3, -0.25) is 0 Å². The fraction of sp³-hybridized carbons (Fsp3) is 0.286. The second-order valence-electron chi connectivity index (χ2n) is 4.73. The van der Waals surface area contributed by atoms with Crippen LogP contribution < -0.4 is 0 Å². The van der Waals surface area contributed by atoms with Crippen LogP contribution >= 0.6 is 15.9 Å². The molecule has 0 spiro atoms. The maximum Gasteiger partial charge on any atom is 0.348 e. The number of hydrogen-bond acceptors (Lipinski definition) is 4. The van der Waals surface area contributed by atoms with Gasteiger partial charge in [0, 0.05) is 24.7 Å². The number of carbonyl (C=O) groups is 2. The Labute approximate surface area is 123 Å². The van der Waals surface area contributed by atoms with Crippen molar-refractivity contribution in [1.82, 2.24) is 0 Å². The van der Waals surface area contributed by atoms with E-state index in [2.05, 4.69) is 15.9 Å². The number of esters is 2. The van der Waals surface area contributed by atoms with E-state index in [1.165, 1.54) is 26.0 Å². The summed E-state index contributed by atoms with van der Waals surface area (Å²) in [5.41, 5.74) is 0.622. The Morgan fingerprint density at radius 3 is 2.40 bits per heavy atom. The van der Waals surface area contributed by atoms with E-state index in [1.54, 1.807) is 6.07 Å². The zero-order chi connectivity index (χ0) is 14.9.